The quantitative estimate of drug-likeness (QED) is 0.617. The summed E-state index contributed by atoms with van der Waals surface area (Å²) in [5, 5.41) is 0. The van der Waals surface area contributed by atoms with Crippen LogP contribution in [0.2, 0.25) is 0 Å². The van der Waals surface area contributed by atoms with Gasteiger partial charge in [-0.15, -0.1) is 0 Å². The zero-order chi connectivity index (χ0) is 12.5. The first kappa shape index (κ1) is 14.8. The maximum atomic E-state index is 11.1. The van der Waals surface area contributed by atoms with Crippen molar-refractivity contribution in [2.24, 2.45) is 0 Å². The Bertz CT molecular complexity index is 220. The van der Waals surface area contributed by atoms with Crippen molar-refractivity contribution in [2.45, 2.75) is 25.4 Å². The van der Waals surface area contributed by atoms with Gasteiger partial charge in [-0.25, -0.2) is 0 Å². The average molecular weight is 261 g/mol. The monoisotopic (exact) mass is 261 g/mol. The standard InChI is InChI=1S/C12H23NO3S/c1-15-12(14)5-6-13(7-9-17-2)10-11-4-3-8-16-11/h11H,3-10H2,1-2H3. The third-order valence-corrected chi connectivity index (χ3v) is 3.55. The predicted octanol–water partition coefficient (Wildman–Crippen LogP) is 1.39. The van der Waals surface area contributed by atoms with E-state index < -0.39 is 0 Å². The molecule has 0 aliphatic carbocycles. The highest BCUT2D eigenvalue weighted by molar-refractivity contribution is 7.98. The molecule has 1 fully saturated rings. The smallest absolute Gasteiger partial charge is 0.306 e. The molecule has 17 heavy (non-hydrogen) atoms. The minimum Gasteiger partial charge on any atom is -0.469 e. The van der Waals surface area contributed by atoms with Gasteiger partial charge in [0.05, 0.1) is 19.6 Å². The third-order valence-electron chi connectivity index (χ3n) is 2.96. The molecule has 100 valence electrons. The Morgan fingerprint density at radius 3 is 2.94 bits per heavy atom. The highest BCUT2D eigenvalue weighted by atomic mass is 32.2. The number of thioether (sulfide) groups is 1. The lowest BCUT2D eigenvalue weighted by atomic mass is 10.2. The van der Waals surface area contributed by atoms with Crippen LogP contribution in [0.15, 0.2) is 0 Å². The molecule has 1 atom stereocenters. The van der Waals surface area contributed by atoms with Crippen LogP contribution in [0.25, 0.3) is 0 Å². The molecule has 0 aromatic carbocycles. The van der Waals surface area contributed by atoms with E-state index in [-0.39, 0.29) is 5.97 Å². The maximum Gasteiger partial charge on any atom is 0.306 e. The Labute approximate surface area is 108 Å². The Hall–Kier alpha value is -0.260. The number of carbonyl (C=O) groups excluding carboxylic acids is 1. The molecule has 0 N–H and O–H groups in total. The van der Waals surface area contributed by atoms with E-state index in [1.807, 2.05) is 11.8 Å². The van der Waals surface area contributed by atoms with Crippen molar-refractivity contribution in [1.82, 2.24) is 4.90 Å². The van der Waals surface area contributed by atoms with Crippen molar-refractivity contribution in [2.75, 3.05) is 45.4 Å². The van der Waals surface area contributed by atoms with Gasteiger partial charge in [0, 0.05) is 32.0 Å². The summed E-state index contributed by atoms with van der Waals surface area (Å²) in [5.74, 6) is 0.958. The summed E-state index contributed by atoms with van der Waals surface area (Å²) in [5.41, 5.74) is 0. The summed E-state index contributed by atoms with van der Waals surface area (Å²) < 4.78 is 10.3. The Kier molecular flexibility index (Phi) is 7.64. The highest BCUT2D eigenvalue weighted by Crippen LogP contribution is 2.13. The van der Waals surface area contributed by atoms with Crippen molar-refractivity contribution in [3.05, 3.63) is 0 Å². The van der Waals surface area contributed by atoms with Crippen molar-refractivity contribution in [1.29, 1.82) is 0 Å². The third kappa shape index (κ3) is 6.29. The molecule has 1 unspecified atom stereocenters. The van der Waals surface area contributed by atoms with Gasteiger partial charge in [0.1, 0.15) is 0 Å². The fourth-order valence-electron chi connectivity index (χ4n) is 1.94. The second kappa shape index (κ2) is 8.78. The molecule has 0 amide bonds. The van der Waals surface area contributed by atoms with E-state index >= 15 is 0 Å². The van der Waals surface area contributed by atoms with Gasteiger partial charge in [0.15, 0.2) is 0 Å². The molecular weight excluding hydrogens is 238 g/mol. The summed E-state index contributed by atoms with van der Waals surface area (Å²) in [6, 6.07) is 0. The lowest BCUT2D eigenvalue weighted by molar-refractivity contribution is -0.141. The first-order valence-electron chi connectivity index (χ1n) is 6.16. The van der Waals surface area contributed by atoms with Crippen molar-refractivity contribution >= 4 is 17.7 Å². The van der Waals surface area contributed by atoms with Gasteiger partial charge < -0.3 is 9.47 Å². The van der Waals surface area contributed by atoms with E-state index in [0.29, 0.717) is 12.5 Å². The number of rotatable bonds is 8. The lowest BCUT2D eigenvalue weighted by Crippen LogP contribution is -2.35. The highest BCUT2D eigenvalue weighted by Gasteiger charge is 2.19. The van der Waals surface area contributed by atoms with E-state index in [9.17, 15) is 4.79 Å². The minimum atomic E-state index is -0.133. The summed E-state index contributed by atoms with van der Waals surface area (Å²) in [7, 11) is 1.44. The first-order chi connectivity index (χ1) is 8.26. The van der Waals surface area contributed by atoms with Gasteiger partial charge >= 0.3 is 5.97 Å². The molecule has 0 aromatic heterocycles. The van der Waals surface area contributed by atoms with Crippen LogP contribution in [0.1, 0.15) is 19.3 Å². The molecule has 1 heterocycles. The van der Waals surface area contributed by atoms with Crippen LogP contribution < -0.4 is 0 Å². The minimum absolute atomic E-state index is 0.133. The van der Waals surface area contributed by atoms with Gasteiger partial charge in [-0.05, 0) is 19.1 Å². The second-order valence-electron chi connectivity index (χ2n) is 4.25. The molecule has 0 saturated carbocycles. The van der Waals surface area contributed by atoms with Crippen LogP contribution in [-0.4, -0.2) is 62.3 Å². The molecule has 5 heteroatoms. The van der Waals surface area contributed by atoms with Crippen molar-refractivity contribution in [3.8, 4) is 0 Å². The molecule has 0 aromatic rings. The Morgan fingerprint density at radius 1 is 1.53 bits per heavy atom. The normalized spacial score (nSPS) is 19.8. The van der Waals surface area contributed by atoms with Gasteiger partial charge in [0.25, 0.3) is 0 Å². The molecular formula is C12H23NO3S. The number of methoxy groups -OCH3 is 1. The molecule has 1 saturated heterocycles. The van der Waals surface area contributed by atoms with Gasteiger partial charge in [-0.2, -0.15) is 11.8 Å². The van der Waals surface area contributed by atoms with Crippen LogP contribution in [0.4, 0.5) is 0 Å². The van der Waals surface area contributed by atoms with E-state index in [0.717, 1.165) is 44.8 Å². The van der Waals surface area contributed by atoms with Crippen LogP contribution in [-0.2, 0) is 14.3 Å². The molecule has 1 aliphatic heterocycles. The fourth-order valence-corrected chi connectivity index (χ4v) is 2.38. The number of nitrogens with zero attached hydrogens (tertiary/aromatic N) is 1. The van der Waals surface area contributed by atoms with Gasteiger partial charge in [0.2, 0.25) is 0 Å². The SMILES string of the molecule is COC(=O)CCN(CCSC)CC1CCCO1. The molecule has 0 bridgehead atoms. The second-order valence-corrected chi connectivity index (χ2v) is 5.24. The average Bonchev–Trinajstić information content (AvgIpc) is 2.84. The molecule has 0 spiro atoms. The van der Waals surface area contributed by atoms with E-state index in [1.54, 1.807) is 0 Å². The molecule has 1 aliphatic rings. The largest absolute Gasteiger partial charge is 0.469 e. The van der Waals surface area contributed by atoms with Gasteiger partial charge in [-0.1, -0.05) is 0 Å². The summed E-state index contributed by atoms with van der Waals surface area (Å²) in [6.07, 6.45) is 5.24. The fraction of sp³-hybridized carbons (Fsp3) is 0.917. The number of ether oxygens (including phenoxy) is 2. The van der Waals surface area contributed by atoms with Crippen LogP contribution in [0.5, 0.6) is 0 Å². The summed E-state index contributed by atoms with van der Waals surface area (Å²) >= 11 is 1.83. The Morgan fingerprint density at radius 2 is 2.35 bits per heavy atom. The van der Waals surface area contributed by atoms with E-state index in [4.69, 9.17) is 4.74 Å². The van der Waals surface area contributed by atoms with E-state index in [2.05, 4.69) is 15.9 Å². The zero-order valence-corrected chi connectivity index (χ0v) is 11.6. The number of hydrogen-bond donors (Lipinski definition) is 0. The number of hydrogen-bond acceptors (Lipinski definition) is 5. The topological polar surface area (TPSA) is 38.8 Å². The van der Waals surface area contributed by atoms with Crippen molar-refractivity contribution in [3.63, 3.8) is 0 Å². The predicted molar refractivity (Wildman–Crippen MR) is 70.4 cm³/mol. The van der Waals surface area contributed by atoms with Crippen LogP contribution in [0, 0.1) is 0 Å². The van der Waals surface area contributed by atoms with E-state index in [1.165, 1.54) is 7.11 Å². The lowest BCUT2D eigenvalue weighted by Gasteiger charge is -2.24. The Balaban J connectivity index is 2.27. The van der Waals surface area contributed by atoms with Crippen LogP contribution >= 0.6 is 11.8 Å². The first-order valence-corrected chi connectivity index (χ1v) is 7.55. The van der Waals surface area contributed by atoms with Gasteiger partial charge in [-0.3, -0.25) is 9.69 Å². The number of carbonyl (C=O) groups is 1. The van der Waals surface area contributed by atoms with Crippen molar-refractivity contribution < 1.29 is 14.3 Å². The van der Waals surface area contributed by atoms with Crippen LogP contribution in [0.3, 0.4) is 0 Å². The maximum absolute atomic E-state index is 11.1. The molecule has 1 rings (SSSR count). The summed E-state index contributed by atoms with van der Waals surface area (Å²) in [4.78, 5) is 13.5. The molecule has 4 nitrogen and oxygen atoms in total. The number of esters is 1. The summed E-state index contributed by atoms with van der Waals surface area (Å²) in [6.45, 7) is 3.61. The zero-order valence-electron chi connectivity index (χ0n) is 10.8. The molecule has 0 radical (unpaired) electrons.